The van der Waals surface area contributed by atoms with Crippen molar-refractivity contribution in [3.8, 4) is 5.75 Å². The normalized spacial score (nSPS) is 26.9. The number of phenolic OH excluding ortho intramolecular Hbond substituents is 1. The third-order valence-electron chi connectivity index (χ3n) is 3.17. The lowest BCUT2D eigenvalue weighted by Crippen LogP contribution is -2.35. The zero-order chi connectivity index (χ0) is 14.0. The Morgan fingerprint density at radius 3 is 2.63 bits per heavy atom. The first-order valence-electron chi connectivity index (χ1n) is 6.40. The number of esters is 1. The van der Waals surface area contributed by atoms with Gasteiger partial charge in [-0.25, -0.2) is 4.79 Å². The predicted molar refractivity (Wildman–Crippen MR) is 71.0 cm³/mol. The molecule has 0 saturated carbocycles. The third kappa shape index (κ3) is 3.38. The number of anilines is 1. The number of nitrogen functional groups attached to an aromatic ring is 1. The molecular weight excluding hydrogens is 246 g/mol. The maximum atomic E-state index is 12.0. The Bertz CT molecular complexity index is 465. The number of carbonyl (C=O) groups excluding carboxylic acids is 1. The zero-order valence-corrected chi connectivity index (χ0v) is 11.1. The van der Waals surface area contributed by atoms with E-state index in [1.165, 1.54) is 18.2 Å². The van der Waals surface area contributed by atoms with E-state index in [0.717, 1.165) is 0 Å². The van der Waals surface area contributed by atoms with E-state index in [0.29, 0.717) is 18.5 Å². The van der Waals surface area contributed by atoms with Gasteiger partial charge >= 0.3 is 5.97 Å². The lowest BCUT2D eigenvalue weighted by Gasteiger charge is -2.31. The van der Waals surface area contributed by atoms with E-state index in [1.54, 1.807) is 0 Å². The van der Waals surface area contributed by atoms with Gasteiger partial charge in [0, 0.05) is 18.5 Å². The smallest absolute Gasteiger partial charge is 0.342 e. The molecular formula is C14H19NO4. The molecule has 5 nitrogen and oxygen atoms in total. The van der Waals surface area contributed by atoms with Gasteiger partial charge in [0.15, 0.2) is 0 Å². The summed E-state index contributed by atoms with van der Waals surface area (Å²) >= 11 is 0. The van der Waals surface area contributed by atoms with Crippen LogP contribution in [0.15, 0.2) is 18.2 Å². The number of phenols is 1. The van der Waals surface area contributed by atoms with Crippen LogP contribution in [0.5, 0.6) is 5.75 Å². The fourth-order valence-corrected chi connectivity index (χ4v) is 2.37. The molecule has 3 N–H and O–H groups in total. The van der Waals surface area contributed by atoms with Gasteiger partial charge in [-0.15, -0.1) is 0 Å². The van der Waals surface area contributed by atoms with Crippen molar-refractivity contribution >= 4 is 11.7 Å². The SMILES string of the molecule is CC1CC(OC(=O)c2cc(N)ccc2O)CC(C)O1. The highest BCUT2D eigenvalue weighted by Gasteiger charge is 2.28. The van der Waals surface area contributed by atoms with Crippen molar-refractivity contribution in [3.63, 3.8) is 0 Å². The Labute approximate surface area is 112 Å². The van der Waals surface area contributed by atoms with Crippen LogP contribution in [0.2, 0.25) is 0 Å². The van der Waals surface area contributed by atoms with Crippen molar-refractivity contribution in [2.75, 3.05) is 5.73 Å². The van der Waals surface area contributed by atoms with E-state index in [1.807, 2.05) is 13.8 Å². The number of hydrogen-bond donors (Lipinski definition) is 2. The largest absolute Gasteiger partial charge is 0.507 e. The van der Waals surface area contributed by atoms with Crippen LogP contribution < -0.4 is 5.73 Å². The minimum atomic E-state index is -0.545. The molecule has 0 spiro atoms. The van der Waals surface area contributed by atoms with Crippen molar-refractivity contribution in [1.82, 2.24) is 0 Å². The quantitative estimate of drug-likeness (QED) is 0.486. The van der Waals surface area contributed by atoms with E-state index in [4.69, 9.17) is 15.2 Å². The van der Waals surface area contributed by atoms with Gasteiger partial charge in [-0.1, -0.05) is 0 Å². The Balaban J connectivity index is 2.06. The summed E-state index contributed by atoms with van der Waals surface area (Å²) in [5.74, 6) is -0.663. The second-order valence-corrected chi connectivity index (χ2v) is 5.03. The summed E-state index contributed by atoms with van der Waals surface area (Å²) < 4.78 is 11.0. The number of rotatable bonds is 2. The predicted octanol–water partition coefficient (Wildman–Crippen LogP) is 2.09. The van der Waals surface area contributed by atoms with E-state index < -0.39 is 5.97 Å². The molecule has 19 heavy (non-hydrogen) atoms. The van der Waals surface area contributed by atoms with Crippen LogP contribution in [-0.2, 0) is 9.47 Å². The summed E-state index contributed by atoms with van der Waals surface area (Å²) in [5, 5.41) is 9.66. The topological polar surface area (TPSA) is 81.8 Å². The Hall–Kier alpha value is -1.75. The Morgan fingerprint density at radius 1 is 1.37 bits per heavy atom. The Kier molecular flexibility index (Phi) is 3.95. The zero-order valence-electron chi connectivity index (χ0n) is 11.1. The molecule has 104 valence electrons. The van der Waals surface area contributed by atoms with Crippen LogP contribution in [0, 0.1) is 0 Å². The van der Waals surface area contributed by atoms with E-state index in [9.17, 15) is 9.90 Å². The molecule has 1 heterocycles. The molecule has 0 aromatic heterocycles. The van der Waals surface area contributed by atoms with Crippen LogP contribution in [0.4, 0.5) is 5.69 Å². The lowest BCUT2D eigenvalue weighted by atomic mass is 10.0. The minimum absolute atomic E-state index is 0.0657. The maximum Gasteiger partial charge on any atom is 0.342 e. The van der Waals surface area contributed by atoms with Gasteiger partial charge < -0.3 is 20.3 Å². The van der Waals surface area contributed by atoms with Crippen molar-refractivity contribution in [2.45, 2.75) is 45.0 Å². The number of hydrogen-bond acceptors (Lipinski definition) is 5. The highest BCUT2D eigenvalue weighted by atomic mass is 16.6. The van der Waals surface area contributed by atoms with Crippen molar-refractivity contribution < 1.29 is 19.4 Å². The standard InChI is InChI=1S/C14H19NO4/c1-8-5-11(6-9(2)18-8)19-14(17)12-7-10(15)3-4-13(12)16/h3-4,7-9,11,16H,5-6,15H2,1-2H3. The van der Waals surface area contributed by atoms with Crippen LogP contribution in [-0.4, -0.2) is 29.4 Å². The van der Waals surface area contributed by atoms with Gasteiger partial charge in [0.1, 0.15) is 17.4 Å². The molecule has 2 rings (SSSR count). The van der Waals surface area contributed by atoms with Gasteiger partial charge in [-0.3, -0.25) is 0 Å². The summed E-state index contributed by atoms with van der Waals surface area (Å²) in [6.07, 6.45) is 1.28. The van der Waals surface area contributed by atoms with E-state index in [2.05, 4.69) is 0 Å². The summed E-state index contributed by atoms with van der Waals surface area (Å²) in [4.78, 5) is 12.0. The van der Waals surface area contributed by atoms with Crippen molar-refractivity contribution in [2.24, 2.45) is 0 Å². The highest BCUT2D eigenvalue weighted by Crippen LogP contribution is 2.25. The molecule has 0 aliphatic carbocycles. The third-order valence-corrected chi connectivity index (χ3v) is 3.17. The minimum Gasteiger partial charge on any atom is -0.507 e. The fourth-order valence-electron chi connectivity index (χ4n) is 2.37. The van der Waals surface area contributed by atoms with E-state index in [-0.39, 0.29) is 29.6 Å². The summed E-state index contributed by atoms with van der Waals surface area (Å²) in [6, 6.07) is 4.34. The van der Waals surface area contributed by atoms with E-state index >= 15 is 0 Å². The molecule has 1 aliphatic heterocycles. The number of ether oxygens (including phenoxy) is 2. The molecule has 5 heteroatoms. The molecule has 1 fully saturated rings. The van der Waals surface area contributed by atoms with Crippen LogP contribution in [0.25, 0.3) is 0 Å². The molecule has 1 aromatic carbocycles. The van der Waals surface area contributed by atoms with Gasteiger partial charge in [-0.05, 0) is 32.0 Å². The molecule has 0 amide bonds. The molecule has 0 radical (unpaired) electrons. The second kappa shape index (κ2) is 5.48. The van der Waals surface area contributed by atoms with Crippen molar-refractivity contribution in [1.29, 1.82) is 0 Å². The molecule has 0 bridgehead atoms. The van der Waals surface area contributed by atoms with Gasteiger partial charge in [0.25, 0.3) is 0 Å². The molecule has 1 aromatic rings. The first-order valence-corrected chi connectivity index (χ1v) is 6.40. The number of nitrogens with two attached hydrogens (primary N) is 1. The first kappa shape index (κ1) is 13.7. The number of carbonyl (C=O) groups is 1. The summed E-state index contributed by atoms with van der Waals surface area (Å²) in [5.41, 5.74) is 6.12. The first-order chi connectivity index (χ1) is 8.95. The molecule has 2 atom stereocenters. The number of benzene rings is 1. The number of aromatic hydroxyl groups is 1. The Morgan fingerprint density at radius 2 is 2.00 bits per heavy atom. The molecule has 1 saturated heterocycles. The van der Waals surface area contributed by atoms with Crippen molar-refractivity contribution in [3.05, 3.63) is 23.8 Å². The maximum absolute atomic E-state index is 12.0. The lowest BCUT2D eigenvalue weighted by molar-refractivity contribution is -0.0855. The van der Waals surface area contributed by atoms with Crippen LogP contribution >= 0.6 is 0 Å². The van der Waals surface area contributed by atoms with Gasteiger partial charge in [0.2, 0.25) is 0 Å². The summed E-state index contributed by atoms with van der Waals surface area (Å²) in [7, 11) is 0. The van der Waals surface area contributed by atoms with Gasteiger partial charge in [0.05, 0.1) is 12.2 Å². The average Bonchev–Trinajstić information content (AvgIpc) is 2.30. The highest BCUT2D eigenvalue weighted by molar-refractivity contribution is 5.93. The molecule has 1 aliphatic rings. The van der Waals surface area contributed by atoms with Crippen LogP contribution in [0.3, 0.4) is 0 Å². The summed E-state index contributed by atoms with van der Waals surface area (Å²) in [6.45, 7) is 3.91. The van der Waals surface area contributed by atoms with Crippen LogP contribution in [0.1, 0.15) is 37.0 Å². The average molecular weight is 265 g/mol. The molecule has 2 unspecified atom stereocenters. The monoisotopic (exact) mass is 265 g/mol. The second-order valence-electron chi connectivity index (χ2n) is 5.03. The van der Waals surface area contributed by atoms with Gasteiger partial charge in [-0.2, -0.15) is 0 Å². The fraction of sp³-hybridized carbons (Fsp3) is 0.500.